The summed E-state index contributed by atoms with van der Waals surface area (Å²) in [6, 6.07) is 7.48. The van der Waals surface area contributed by atoms with Gasteiger partial charge in [0.1, 0.15) is 5.82 Å². The number of nitrogens with one attached hydrogen (secondary N) is 1. The van der Waals surface area contributed by atoms with Crippen molar-refractivity contribution >= 4 is 29.0 Å². The summed E-state index contributed by atoms with van der Waals surface area (Å²) in [4.78, 5) is 8.70. The van der Waals surface area contributed by atoms with Crippen molar-refractivity contribution in [3.63, 3.8) is 0 Å². The number of nitrogens with zero attached hydrogens (tertiary/aromatic N) is 2. The van der Waals surface area contributed by atoms with Crippen LogP contribution in [0.4, 0.5) is 5.82 Å². The van der Waals surface area contributed by atoms with Crippen LogP contribution in [0.25, 0.3) is 0 Å². The second kappa shape index (κ2) is 6.03. The molecule has 2 aromatic rings. The van der Waals surface area contributed by atoms with Crippen LogP contribution >= 0.6 is 23.2 Å². The standard InChI is InChI=1S/C13H13Cl2N3/c1-2-16-13-11(15)8-10(14)12(18-13)7-9-5-3-4-6-17-9/h3-6,8H,2,7H2,1H3,(H,16,18). The second-order valence-electron chi connectivity index (χ2n) is 3.78. The first kappa shape index (κ1) is 13.1. The lowest BCUT2D eigenvalue weighted by Crippen LogP contribution is -2.04. The number of anilines is 1. The van der Waals surface area contributed by atoms with Crippen LogP contribution in [0.3, 0.4) is 0 Å². The molecule has 0 atom stereocenters. The summed E-state index contributed by atoms with van der Waals surface area (Å²) in [6.07, 6.45) is 2.35. The number of hydrogen-bond acceptors (Lipinski definition) is 3. The third kappa shape index (κ3) is 3.12. The lowest BCUT2D eigenvalue weighted by Gasteiger charge is -2.09. The molecule has 0 spiro atoms. The van der Waals surface area contributed by atoms with Crippen LogP contribution in [-0.2, 0) is 6.42 Å². The summed E-state index contributed by atoms with van der Waals surface area (Å²) >= 11 is 12.2. The minimum Gasteiger partial charge on any atom is -0.369 e. The van der Waals surface area contributed by atoms with Gasteiger partial charge < -0.3 is 5.32 Å². The van der Waals surface area contributed by atoms with E-state index in [0.29, 0.717) is 22.3 Å². The van der Waals surface area contributed by atoms with Crippen molar-refractivity contribution in [2.45, 2.75) is 13.3 Å². The molecule has 2 rings (SSSR count). The van der Waals surface area contributed by atoms with Crippen LogP contribution in [0, 0.1) is 0 Å². The molecule has 0 amide bonds. The van der Waals surface area contributed by atoms with Gasteiger partial charge in [-0.1, -0.05) is 29.3 Å². The molecule has 0 saturated heterocycles. The summed E-state index contributed by atoms with van der Waals surface area (Å²) in [5, 5.41) is 4.20. The Morgan fingerprint density at radius 2 is 2.06 bits per heavy atom. The quantitative estimate of drug-likeness (QED) is 0.926. The van der Waals surface area contributed by atoms with E-state index in [-0.39, 0.29) is 0 Å². The molecule has 0 unspecified atom stereocenters. The Morgan fingerprint density at radius 3 is 2.72 bits per heavy atom. The number of pyridine rings is 2. The predicted octanol–water partition coefficient (Wildman–Crippen LogP) is 3.81. The van der Waals surface area contributed by atoms with E-state index in [1.807, 2.05) is 25.1 Å². The van der Waals surface area contributed by atoms with Gasteiger partial charge in [0, 0.05) is 24.9 Å². The maximum atomic E-state index is 6.15. The van der Waals surface area contributed by atoms with Crippen molar-refractivity contribution < 1.29 is 0 Å². The summed E-state index contributed by atoms with van der Waals surface area (Å²) in [5.41, 5.74) is 1.70. The zero-order valence-electron chi connectivity index (χ0n) is 9.95. The van der Waals surface area contributed by atoms with Crippen LogP contribution in [0.5, 0.6) is 0 Å². The monoisotopic (exact) mass is 281 g/mol. The summed E-state index contributed by atoms with van der Waals surface area (Å²) in [7, 11) is 0. The largest absolute Gasteiger partial charge is 0.369 e. The average Bonchev–Trinajstić information content (AvgIpc) is 2.37. The fourth-order valence-corrected chi connectivity index (χ4v) is 2.09. The van der Waals surface area contributed by atoms with Crippen molar-refractivity contribution in [1.29, 1.82) is 0 Å². The maximum Gasteiger partial charge on any atom is 0.145 e. The van der Waals surface area contributed by atoms with Gasteiger partial charge in [0.25, 0.3) is 0 Å². The minimum absolute atomic E-state index is 0.534. The molecule has 0 radical (unpaired) electrons. The smallest absolute Gasteiger partial charge is 0.145 e. The van der Waals surface area contributed by atoms with Gasteiger partial charge in [-0.25, -0.2) is 4.98 Å². The Labute approximate surface area is 116 Å². The number of hydrogen-bond donors (Lipinski definition) is 1. The van der Waals surface area contributed by atoms with E-state index in [9.17, 15) is 0 Å². The van der Waals surface area contributed by atoms with Gasteiger partial charge in [0.05, 0.1) is 15.7 Å². The molecule has 2 heterocycles. The number of halogens is 2. The summed E-state index contributed by atoms with van der Waals surface area (Å²) in [6.45, 7) is 2.75. The number of rotatable bonds is 4. The van der Waals surface area contributed by atoms with Crippen molar-refractivity contribution in [1.82, 2.24) is 9.97 Å². The Bertz CT molecular complexity index is 529. The lowest BCUT2D eigenvalue weighted by molar-refractivity contribution is 1.01. The molecule has 0 fully saturated rings. The fraction of sp³-hybridized carbons (Fsp3) is 0.231. The van der Waals surface area contributed by atoms with Gasteiger partial charge in [-0.2, -0.15) is 0 Å². The molecule has 0 bridgehead atoms. The maximum absolute atomic E-state index is 6.15. The normalized spacial score (nSPS) is 10.4. The third-order valence-corrected chi connectivity index (χ3v) is 3.04. The first-order valence-electron chi connectivity index (χ1n) is 5.69. The summed E-state index contributed by atoms with van der Waals surface area (Å²) in [5.74, 6) is 0.662. The first-order valence-corrected chi connectivity index (χ1v) is 6.45. The van der Waals surface area contributed by atoms with E-state index in [1.54, 1.807) is 12.3 Å². The van der Waals surface area contributed by atoms with Crippen LogP contribution in [0.2, 0.25) is 10.0 Å². The molecule has 0 saturated carbocycles. The Balaban J connectivity index is 2.30. The van der Waals surface area contributed by atoms with Crippen LogP contribution < -0.4 is 5.32 Å². The molecule has 0 aromatic carbocycles. The van der Waals surface area contributed by atoms with E-state index in [1.165, 1.54) is 0 Å². The molecule has 0 aliphatic carbocycles. The van der Waals surface area contributed by atoms with Gasteiger partial charge in [-0.15, -0.1) is 0 Å². The highest BCUT2D eigenvalue weighted by atomic mass is 35.5. The van der Waals surface area contributed by atoms with Gasteiger partial charge in [0.15, 0.2) is 0 Å². The third-order valence-electron chi connectivity index (χ3n) is 2.42. The molecule has 2 aromatic heterocycles. The first-order chi connectivity index (χ1) is 8.70. The Kier molecular flexibility index (Phi) is 4.39. The average molecular weight is 282 g/mol. The highest BCUT2D eigenvalue weighted by molar-refractivity contribution is 6.36. The van der Waals surface area contributed by atoms with E-state index in [0.717, 1.165) is 17.9 Å². The zero-order chi connectivity index (χ0) is 13.0. The van der Waals surface area contributed by atoms with Crippen LogP contribution in [0.1, 0.15) is 18.3 Å². The molecular weight excluding hydrogens is 269 g/mol. The van der Waals surface area contributed by atoms with Crippen LogP contribution in [0.15, 0.2) is 30.5 Å². The van der Waals surface area contributed by atoms with Gasteiger partial charge in [-0.05, 0) is 25.1 Å². The van der Waals surface area contributed by atoms with E-state index >= 15 is 0 Å². The highest BCUT2D eigenvalue weighted by Crippen LogP contribution is 2.27. The second-order valence-corrected chi connectivity index (χ2v) is 4.59. The molecule has 0 aliphatic heterocycles. The SMILES string of the molecule is CCNc1nc(Cc2ccccn2)c(Cl)cc1Cl. The number of aromatic nitrogens is 2. The van der Waals surface area contributed by atoms with Gasteiger partial charge in [-0.3, -0.25) is 4.98 Å². The molecule has 1 N–H and O–H groups in total. The van der Waals surface area contributed by atoms with Crippen molar-refractivity contribution in [3.05, 3.63) is 51.9 Å². The molecule has 5 heteroatoms. The molecular formula is C13H13Cl2N3. The van der Waals surface area contributed by atoms with Crippen molar-refractivity contribution in [2.75, 3.05) is 11.9 Å². The van der Waals surface area contributed by atoms with Gasteiger partial charge in [0.2, 0.25) is 0 Å². The fourth-order valence-electron chi connectivity index (χ4n) is 1.59. The van der Waals surface area contributed by atoms with E-state index < -0.39 is 0 Å². The highest BCUT2D eigenvalue weighted by Gasteiger charge is 2.09. The van der Waals surface area contributed by atoms with E-state index in [2.05, 4.69) is 15.3 Å². The molecule has 0 aliphatic rings. The van der Waals surface area contributed by atoms with Crippen molar-refractivity contribution in [3.8, 4) is 0 Å². The predicted molar refractivity (Wildman–Crippen MR) is 75.5 cm³/mol. The summed E-state index contributed by atoms with van der Waals surface area (Å²) < 4.78 is 0. The van der Waals surface area contributed by atoms with Crippen molar-refractivity contribution in [2.24, 2.45) is 0 Å². The molecule has 3 nitrogen and oxygen atoms in total. The Hall–Kier alpha value is -1.32. The molecule has 18 heavy (non-hydrogen) atoms. The topological polar surface area (TPSA) is 37.8 Å². The lowest BCUT2D eigenvalue weighted by atomic mass is 10.2. The minimum atomic E-state index is 0.534. The Morgan fingerprint density at radius 1 is 1.22 bits per heavy atom. The zero-order valence-corrected chi connectivity index (χ0v) is 11.5. The van der Waals surface area contributed by atoms with Gasteiger partial charge >= 0.3 is 0 Å². The molecule has 94 valence electrons. The van der Waals surface area contributed by atoms with Crippen LogP contribution in [-0.4, -0.2) is 16.5 Å². The van der Waals surface area contributed by atoms with E-state index in [4.69, 9.17) is 23.2 Å².